The molecule has 1 aromatic carbocycles. The summed E-state index contributed by atoms with van der Waals surface area (Å²) in [7, 11) is 0. The van der Waals surface area contributed by atoms with E-state index in [2.05, 4.69) is 25.2 Å². The number of anilines is 1. The third-order valence-electron chi connectivity index (χ3n) is 3.34. The molecule has 2 rings (SSSR count). The van der Waals surface area contributed by atoms with E-state index >= 15 is 0 Å². The monoisotopic (exact) mass is 247 g/mol. The summed E-state index contributed by atoms with van der Waals surface area (Å²) in [6, 6.07) is 8.25. The van der Waals surface area contributed by atoms with Crippen molar-refractivity contribution in [2.24, 2.45) is 5.73 Å². The van der Waals surface area contributed by atoms with Crippen LogP contribution >= 0.6 is 0 Å². The van der Waals surface area contributed by atoms with E-state index in [1.54, 1.807) is 0 Å². The Morgan fingerprint density at radius 1 is 1.44 bits per heavy atom. The highest BCUT2D eigenvalue weighted by Crippen LogP contribution is 2.29. The predicted molar refractivity (Wildman–Crippen MR) is 73.9 cm³/mol. The quantitative estimate of drug-likeness (QED) is 0.855. The van der Waals surface area contributed by atoms with Crippen molar-refractivity contribution in [3.05, 3.63) is 29.8 Å². The molecule has 1 aliphatic rings. The van der Waals surface area contributed by atoms with Crippen LogP contribution in [0.2, 0.25) is 0 Å². The fourth-order valence-electron chi connectivity index (χ4n) is 2.40. The molecule has 98 valence electrons. The zero-order valence-corrected chi connectivity index (χ0v) is 11.0. The molecular formula is C14H21N3O. The Kier molecular flexibility index (Phi) is 3.87. The second-order valence-corrected chi connectivity index (χ2v) is 5.05. The molecule has 0 radical (unpaired) electrons. The van der Waals surface area contributed by atoms with Crippen molar-refractivity contribution in [2.75, 3.05) is 18.0 Å². The average Bonchev–Trinajstić information content (AvgIpc) is 2.70. The third-order valence-corrected chi connectivity index (χ3v) is 3.34. The molecule has 1 aliphatic heterocycles. The Morgan fingerprint density at radius 3 is 2.83 bits per heavy atom. The summed E-state index contributed by atoms with van der Waals surface area (Å²) in [5, 5.41) is 2.98. The van der Waals surface area contributed by atoms with Gasteiger partial charge in [0.05, 0.1) is 0 Å². The maximum atomic E-state index is 12.0. The molecule has 1 unspecified atom stereocenters. The van der Waals surface area contributed by atoms with E-state index in [0.29, 0.717) is 19.0 Å². The van der Waals surface area contributed by atoms with Gasteiger partial charge in [-0.2, -0.15) is 0 Å². The topological polar surface area (TPSA) is 58.4 Å². The van der Waals surface area contributed by atoms with E-state index < -0.39 is 0 Å². The van der Waals surface area contributed by atoms with Crippen LogP contribution in [0.25, 0.3) is 0 Å². The van der Waals surface area contributed by atoms with Gasteiger partial charge in [-0.3, -0.25) is 4.90 Å². The highest BCUT2D eigenvalue weighted by molar-refractivity contribution is 5.95. The molecule has 1 fully saturated rings. The molecule has 4 heteroatoms. The second kappa shape index (κ2) is 5.40. The number of hydrogen-bond acceptors (Lipinski definition) is 2. The van der Waals surface area contributed by atoms with E-state index in [4.69, 9.17) is 5.73 Å². The van der Waals surface area contributed by atoms with Crippen molar-refractivity contribution in [2.45, 2.75) is 32.2 Å². The lowest BCUT2D eigenvalue weighted by molar-refractivity contribution is 0.250. The lowest BCUT2D eigenvalue weighted by Gasteiger charge is -2.20. The smallest absolute Gasteiger partial charge is 0.322 e. The van der Waals surface area contributed by atoms with Gasteiger partial charge in [0.2, 0.25) is 0 Å². The summed E-state index contributed by atoms with van der Waals surface area (Å²) < 4.78 is 0. The molecular weight excluding hydrogens is 226 g/mol. The van der Waals surface area contributed by atoms with Crippen molar-refractivity contribution < 1.29 is 4.79 Å². The minimum atomic E-state index is -0.0125. The number of carbonyl (C=O) groups excluding carboxylic acids is 1. The minimum absolute atomic E-state index is 0.0125. The van der Waals surface area contributed by atoms with Crippen molar-refractivity contribution in [3.8, 4) is 0 Å². The summed E-state index contributed by atoms with van der Waals surface area (Å²) in [5.74, 6) is 0.405. The number of carbonyl (C=O) groups is 1. The summed E-state index contributed by atoms with van der Waals surface area (Å²) in [5.41, 5.74) is 7.77. The van der Waals surface area contributed by atoms with E-state index in [0.717, 1.165) is 12.1 Å². The number of para-hydroxylation sites is 1. The molecule has 1 heterocycles. The molecule has 1 saturated heterocycles. The van der Waals surface area contributed by atoms with Crippen LogP contribution < -0.4 is 16.0 Å². The maximum Gasteiger partial charge on any atom is 0.322 e. The summed E-state index contributed by atoms with van der Waals surface area (Å²) in [4.78, 5) is 13.8. The van der Waals surface area contributed by atoms with Crippen molar-refractivity contribution in [1.82, 2.24) is 5.32 Å². The van der Waals surface area contributed by atoms with Gasteiger partial charge >= 0.3 is 6.03 Å². The van der Waals surface area contributed by atoms with Gasteiger partial charge in [0.25, 0.3) is 0 Å². The van der Waals surface area contributed by atoms with Crippen molar-refractivity contribution in [3.63, 3.8) is 0 Å². The molecule has 0 aromatic heterocycles. The van der Waals surface area contributed by atoms with Gasteiger partial charge in [-0.05, 0) is 30.5 Å². The first-order chi connectivity index (χ1) is 8.63. The lowest BCUT2D eigenvalue weighted by atomic mass is 10.0. The van der Waals surface area contributed by atoms with E-state index in [-0.39, 0.29) is 12.1 Å². The van der Waals surface area contributed by atoms with Crippen LogP contribution in [-0.2, 0) is 0 Å². The minimum Gasteiger partial charge on any atom is -0.333 e. The third kappa shape index (κ3) is 2.48. The van der Waals surface area contributed by atoms with Crippen LogP contribution in [0, 0.1) is 0 Å². The second-order valence-electron chi connectivity index (χ2n) is 5.05. The summed E-state index contributed by atoms with van der Waals surface area (Å²) >= 11 is 0. The molecule has 3 N–H and O–H groups in total. The first-order valence-corrected chi connectivity index (χ1v) is 6.50. The van der Waals surface area contributed by atoms with Crippen molar-refractivity contribution in [1.29, 1.82) is 0 Å². The molecule has 0 aliphatic carbocycles. The van der Waals surface area contributed by atoms with E-state index in [1.807, 2.05) is 23.1 Å². The van der Waals surface area contributed by atoms with E-state index in [9.17, 15) is 4.79 Å². The Morgan fingerprint density at radius 2 is 2.17 bits per heavy atom. The molecule has 18 heavy (non-hydrogen) atoms. The largest absolute Gasteiger partial charge is 0.333 e. The van der Waals surface area contributed by atoms with E-state index in [1.165, 1.54) is 5.56 Å². The first-order valence-electron chi connectivity index (χ1n) is 6.50. The zero-order chi connectivity index (χ0) is 13.1. The number of nitrogens with two attached hydrogens (primary N) is 1. The van der Waals surface area contributed by atoms with Gasteiger partial charge in [-0.1, -0.05) is 32.0 Å². The molecule has 0 spiro atoms. The fourth-order valence-corrected chi connectivity index (χ4v) is 2.40. The van der Waals surface area contributed by atoms with Gasteiger partial charge in [0, 0.05) is 18.3 Å². The van der Waals surface area contributed by atoms with Crippen LogP contribution in [0.5, 0.6) is 0 Å². The molecule has 4 nitrogen and oxygen atoms in total. The highest BCUT2D eigenvalue weighted by Gasteiger charge is 2.30. The lowest BCUT2D eigenvalue weighted by Crippen LogP contribution is -2.29. The summed E-state index contributed by atoms with van der Waals surface area (Å²) in [6.45, 7) is 5.60. The van der Waals surface area contributed by atoms with Gasteiger partial charge < -0.3 is 11.1 Å². The molecule has 1 aromatic rings. The Hall–Kier alpha value is -1.55. The van der Waals surface area contributed by atoms with Crippen LogP contribution in [0.15, 0.2) is 24.3 Å². The number of benzene rings is 1. The predicted octanol–water partition coefficient (Wildman–Crippen LogP) is 2.06. The number of hydrogen-bond donors (Lipinski definition) is 2. The van der Waals surface area contributed by atoms with Gasteiger partial charge in [-0.15, -0.1) is 0 Å². The van der Waals surface area contributed by atoms with Crippen LogP contribution in [-0.4, -0.2) is 25.2 Å². The fraction of sp³-hybridized carbons (Fsp3) is 0.500. The Balaban J connectivity index is 2.24. The molecule has 0 bridgehead atoms. The normalized spacial score (nSPS) is 19.4. The highest BCUT2D eigenvalue weighted by atomic mass is 16.2. The Labute approximate surface area is 108 Å². The SMILES string of the molecule is CC(C)c1ccccc1N1CC(CCN)NC1=O. The number of nitrogens with zero attached hydrogens (tertiary/aromatic N) is 1. The summed E-state index contributed by atoms with van der Waals surface area (Å²) in [6.07, 6.45) is 0.825. The van der Waals surface area contributed by atoms with Crippen LogP contribution in [0.3, 0.4) is 0 Å². The van der Waals surface area contributed by atoms with Gasteiger partial charge in [0.1, 0.15) is 0 Å². The average molecular weight is 247 g/mol. The number of amides is 2. The number of urea groups is 1. The number of rotatable bonds is 4. The van der Waals surface area contributed by atoms with Gasteiger partial charge in [0.15, 0.2) is 0 Å². The molecule has 1 atom stereocenters. The number of nitrogens with one attached hydrogen (secondary N) is 1. The first kappa shape index (κ1) is 12.9. The maximum absolute atomic E-state index is 12.0. The standard InChI is InChI=1S/C14H21N3O/c1-10(2)12-5-3-4-6-13(12)17-9-11(7-8-15)16-14(17)18/h3-6,10-11H,7-9,15H2,1-2H3,(H,16,18). The zero-order valence-electron chi connectivity index (χ0n) is 11.0. The van der Waals surface area contributed by atoms with Crippen LogP contribution in [0.4, 0.5) is 10.5 Å². The molecule has 2 amide bonds. The van der Waals surface area contributed by atoms with Gasteiger partial charge in [-0.25, -0.2) is 4.79 Å². The Bertz CT molecular complexity index is 431. The van der Waals surface area contributed by atoms with Crippen LogP contribution in [0.1, 0.15) is 31.7 Å². The molecule has 0 saturated carbocycles. The van der Waals surface area contributed by atoms with Crippen molar-refractivity contribution >= 4 is 11.7 Å².